The summed E-state index contributed by atoms with van der Waals surface area (Å²) in [5, 5.41) is 3.82. The molecule has 0 radical (unpaired) electrons. The largest absolute Gasteiger partial charge is 0.314 e. The summed E-state index contributed by atoms with van der Waals surface area (Å²) in [6.45, 7) is 5.86. The van der Waals surface area contributed by atoms with Crippen LogP contribution >= 0.6 is 11.8 Å². The van der Waals surface area contributed by atoms with E-state index in [1.165, 1.54) is 57.2 Å². The van der Waals surface area contributed by atoms with Gasteiger partial charge in [0, 0.05) is 6.04 Å². The molecule has 2 heteroatoms. The van der Waals surface area contributed by atoms with Crippen LogP contribution < -0.4 is 5.32 Å². The Morgan fingerprint density at radius 1 is 1.24 bits per heavy atom. The predicted molar refractivity (Wildman–Crippen MR) is 80.8 cm³/mol. The van der Waals surface area contributed by atoms with Crippen molar-refractivity contribution in [2.45, 2.75) is 64.8 Å². The molecule has 0 aliphatic heterocycles. The highest BCUT2D eigenvalue weighted by Gasteiger charge is 2.29. The van der Waals surface area contributed by atoms with Crippen LogP contribution in [-0.2, 0) is 0 Å². The molecule has 17 heavy (non-hydrogen) atoms. The van der Waals surface area contributed by atoms with Crippen molar-refractivity contribution in [3.63, 3.8) is 0 Å². The molecule has 0 aromatic heterocycles. The highest BCUT2D eigenvalue weighted by molar-refractivity contribution is 7.98. The van der Waals surface area contributed by atoms with E-state index in [1.54, 1.807) is 0 Å². The second kappa shape index (κ2) is 9.27. The van der Waals surface area contributed by atoms with Gasteiger partial charge in [-0.05, 0) is 49.7 Å². The van der Waals surface area contributed by atoms with Crippen LogP contribution in [0.25, 0.3) is 0 Å². The fourth-order valence-corrected chi connectivity index (χ4v) is 3.80. The number of rotatable bonds is 8. The van der Waals surface area contributed by atoms with Gasteiger partial charge in [-0.3, -0.25) is 0 Å². The number of hydrogen-bond acceptors (Lipinski definition) is 2. The summed E-state index contributed by atoms with van der Waals surface area (Å²) in [5.41, 5.74) is 0. The topological polar surface area (TPSA) is 12.0 Å². The van der Waals surface area contributed by atoms with Gasteiger partial charge in [-0.1, -0.05) is 39.5 Å². The molecule has 102 valence electrons. The molecule has 0 aromatic carbocycles. The molecule has 0 spiro atoms. The van der Waals surface area contributed by atoms with Crippen molar-refractivity contribution in [2.75, 3.05) is 18.6 Å². The zero-order valence-electron chi connectivity index (χ0n) is 12.0. The van der Waals surface area contributed by atoms with E-state index in [2.05, 4.69) is 25.4 Å². The molecule has 0 heterocycles. The van der Waals surface area contributed by atoms with Crippen LogP contribution in [0.4, 0.5) is 0 Å². The maximum Gasteiger partial charge on any atom is 0.0106 e. The zero-order valence-corrected chi connectivity index (χ0v) is 12.8. The fourth-order valence-electron chi connectivity index (χ4n) is 3.31. The van der Waals surface area contributed by atoms with Crippen LogP contribution in [0.3, 0.4) is 0 Å². The summed E-state index contributed by atoms with van der Waals surface area (Å²) in [6.07, 6.45) is 12.1. The van der Waals surface area contributed by atoms with Crippen LogP contribution in [0.1, 0.15) is 58.8 Å². The molecular formula is C15H31NS. The van der Waals surface area contributed by atoms with Crippen molar-refractivity contribution in [2.24, 2.45) is 11.8 Å². The Balaban J connectivity index is 2.51. The van der Waals surface area contributed by atoms with Crippen LogP contribution in [0, 0.1) is 11.8 Å². The van der Waals surface area contributed by atoms with Crippen molar-refractivity contribution in [1.29, 1.82) is 0 Å². The lowest BCUT2D eigenvalue weighted by Gasteiger charge is -2.37. The van der Waals surface area contributed by atoms with Gasteiger partial charge in [0.05, 0.1) is 0 Å². The summed E-state index contributed by atoms with van der Waals surface area (Å²) in [5.74, 6) is 3.25. The standard InChI is InChI=1S/C15H31NS/c1-4-11-16-15(10-12-17-3)14-9-7-6-8-13(14)5-2/h13-16H,4-12H2,1-3H3. The smallest absolute Gasteiger partial charge is 0.0106 e. The summed E-state index contributed by atoms with van der Waals surface area (Å²) >= 11 is 2.00. The highest BCUT2D eigenvalue weighted by Crippen LogP contribution is 2.35. The van der Waals surface area contributed by atoms with Crippen LogP contribution in [0.2, 0.25) is 0 Å². The Morgan fingerprint density at radius 2 is 2.00 bits per heavy atom. The number of hydrogen-bond donors (Lipinski definition) is 1. The van der Waals surface area contributed by atoms with E-state index in [-0.39, 0.29) is 0 Å². The van der Waals surface area contributed by atoms with Crippen molar-refractivity contribution in [3.8, 4) is 0 Å². The second-order valence-corrected chi connectivity index (χ2v) is 6.44. The highest BCUT2D eigenvalue weighted by atomic mass is 32.2. The second-order valence-electron chi connectivity index (χ2n) is 5.46. The molecule has 1 rings (SSSR count). The minimum absolute atomic E-state index is 0.785. The van der Waals surface area contributed by atoms with Gasteiger partial charge >= 0.3 is 0 Å². The lowest BCUT2D eigenvalue weighted by atomic mass is 9.73. The summed E-state index contributed by atoms with van der Waals surface area (Å²) in [6, 6.07) is 0.785. The first-order chi connectivity index (χ1) is 8.33. The van der Waals surface area contributed by atoms with Gasteiger partial charge in [0.25, 0.3) is 0 Å². The molecule has 0 saturated heterocycles. The van der Waals surface area contributed by atoms with E-state index in [0.717, 1.165) is 17.9 Å². The maximum absolute atomic E-state index is 3.82. The Labute approximate surface area is 113 Å². The lowest BCUT2D eigenvalue weighted by molar-refractivity contribution is 0.172. The van der Waals surface area contributed by atoms with Gasteiger partial charge in [0.2, 0.25) is 0 Å². The lowest BCUT2D eigenvalue weighted by Crippen LogP contribution is -2.41. The minimum atomic E-state index is 0.785. The molecule has 1 fully saturated rings. The molecule has 1 saturated carbocycles. The van der Waals surface area contributed by atoms with Crippen LogP contribution in [-0.4, -0.2) is 24.6 Å². The molecular weight excluding hydrogens is 226 g/mol. The first-order valence-electron chi connectivity index (χ1n) is 7.55. The Kier molecular flexibility index (Phi) is 8.38. The van der Waals surface area contributed by atoms with Crippen LogP contribution in [0.5, 0.6) is 0 Å². The first kappa shape index (κ1) is 15.4. The summed E-state index contributed by atoms with van der Waals surface area (Å²) in [4.78, 5) is 0. The average molecular weight is 257 g/mol. The van der Waals surface area contributed by atoms with Gasteiger partial charge in [-0.15, -0.1) is 0 Å². The third-order valence-electron chi connectivity index (χ3n) is 4.30. The zero-order chi connectivity index (χ0) is 12.5. The number of thioether (sulfide) groups is 1. The van der Waals surface area contributed by atoms with E-state index in [9.17, 15) is 0 Å². The molecule has 1 aliphatic carbocycles. The van der Waals surface area contributed by atoms with Gasteiger partial charge in [0.1, 0.15) is 0 Å². The monoisotopic (exact) mass is 257 g/mol. The molecule has 3 atom stereocenters. The van der Waals surface area contributed by atoms with Gasteiger partial charge in [-0.2, -0.15) is 11.8 Å². The molecule has 3 unspecified atom stereocenters. The van der Waals surface area contributed by atoms with Gasteiger partial charge in [-0.25, -0.2) is 0 Å². The average Bonchev–Trinajstić information content (AvgIpc) is 2.39. The molecule has 0 amide bonds. The Hall–Kier alpha value is 0.310. The van der Waals surface area contributed by atoms with Crippen molar-refractivity contribution < 1.29 is 0 Å². The SMILES string of the molecule is CCCNC(CCSC)C1CCCCC1CC. The minimum Gasteiger partial charge on any atom is -0.314 e. The molecule has 1 N–H and O–H groups in total. The van der Waals surface area contributed by atoms with Crippen molar-refractivity contribution in [3.05, 3.63) is 0 Å². The predicted octanol–water partition coefficient (Wildman–Crippen LogP) is 4.32. The number of nitrogens with one attached hydrogen (secondary N) is 1. The molecule has 1 aliphatic rings. The van der Waals surface area contributed by atoms with Crippen molar-refractivity contribution >= 4 is 11.8 Å². The van der Waals surface area contributed by atoms with Crippen LogP contribution in [0.15, 0.2) is 0 Å². The Morgan fingerprint density at radius 3 is 2.65 bits per heavy atom. The third kappa shape index (κ3) is 5.21. The van der Waals surface area contributed by atoms with E-state index < -0.39 is 0 Å². The molecule has 0 bridgehead atoms. The molecule has 0 aromatic rings. The Bertz CT molecular complexity index is 176. The molecule has 1 nitrogen and oxygen atoms in total. The maximum atomic E-state index is 3.82. The summed E-state index contributed by atoms with van der Waals surface area (Å²) in [7, 11) is 0. The quantitative estimate of drug-likeness (QED) is 0.695. The van der Waals surface area contributed by atoms with E-state index in [1.807, 2.05) is 11.8 Å². The fraction of sp³-hybridized carbons (Fsp3) is 1.00. The van der Waals surface area contributed by atoms with Gasteiger partial charge < -0.3 is 5.32 Å². The summed E-state index contributed by atoms with van der Waals surface area (Å²) < 4.78 is 0. The van der Waals surface area contributed by atoms with Crippen molar-refractivity contribution in [1.82, 2.24) is 5.32 Å². The third-order valence-corrected chi connectivity index (χ3v) is 4.94. The normalized spacial score (nSPS) is 27.0. The first-order valence-corrected chi connectivity index (χ1v) is 8.95. The van der Waals surface area contributed by atoms with E-state index in [0.29, 0.717) is 0 Å². The van der Waals surface area contributed by atoms with E-state index >= 15 is 0 Å². The van der Waals surface area contributed by atoms with E-state index in [4.69, 9.17) is 0 Å². The van der Waals surface area contributed by atoms with Gasteiger partial charge in [0.15, 0.2) is 0 Å².